The van der Waals surface area contributed by atoms with Gasteiger partial charge in [0.15, 0.2) is 0 Å². The molecular weight excluding hydrogens is 631 g/mol. The van der Waals surface area contributed by atoms with E-state index in [0.717, 1.165) is 39.0 Å². The molecule has 0 unspecified atom stereocenters. The first-order valence-electron chi connectivity index (χ1n) is 17.5. The van der Waals surface area contributed by atoms with E-state index in [0.29, 0.717) is 11.1 Å². The fourth-order valence-electron chi connectivity index (χ4n) is 7.98. The minimum Gasteiger partial charge on any atom is -0.310 e. The fourth-order valence-corrected chi connectivity index (χ4v) is 7.98. The molecule has 3 heteroatoms. The maximum absolute atomic E-state index is 9.42. The predicted octanol–water partition coefficient (Wildman–Crippen LogP) is 12.8. The molecule has 0 spiro atoms. The smallest absolute Gasteiger partial charge is 0.0991 e. The second-order valence-corrected chi connectivity index (χ2v) is 14.0. The van der Waals surface area contributed by atoms with Gasteiger partial charge in [-0.2, -0.15) is 10.5 Å². The topological polar surface area (TPSA) is 50.8 Å². The summed E-state index contributed by atoms with van der Waals surface area (Å²) in [7, 11) is 0. The fraction of sp³-hybridized carbons (Fsp3) is 0.0612. The third kappa shape index (κ3) is 5.03. The molecule has 244 valence electrons. The Kier molecular flexibility index (Phi) is 7.25. The van der Waals surface area contributed by atoms with Gasteiger partial charge in [-0.3, -0.25) is 0 Å². The van der Waals surface area contributed by atoms with Crippen molar-refractivity contribution in [1.82, 2.24) is 0 Å². The van der Waals surface area contributed by atoms with Crippen LogP contribution < -0.4 is 4.90 Å². The average molecular weight is 664 g/mol. The first kappa shape index (κ1) is 31.1. The van der Waals surface area contributed by atoms with Crippen molar-refractivity contribution in [3.05, 3.63) is 185 Å². The summed E-state index contributed by atoms with van der Waals surface area (Å²) < 4.78 is 0. The van der Waals surface area contributed by atoms with Gasteiger partial charge in [-0.1, -0.05) is 111 Å². The number of nitrogens with zero attached hydrogens (tertiary/aromatic N) is 3. The average Bonchev–Trinajstić information content (AvgIpc) is 3.44. The minimum absolute atomic E-state index is 0.0421. The highest BCUT2D eigenvalue weighted by Crippen LogP contribution is 2.50. The second-order valence-electron chi connectivity index (χ2n) is 14.0. The van der Waals surface area contributed by atoms with Crippen LogP contribution in [0.15, 0.2) is 152 Å². The number of hydrogen-bond donors (Lipinski definition) is 0. The lowest BCUT2D eigenvalue weighted by atomic mass is 9.81. The van der Waals surface area contributed by atoms with E-state index in [2.05, 4.69) is 146 Å². The number of hydrogen-bond acceptors (Lipinski definition) is 3. The Hall–Kier alpha value is -6.94. The van der Waals surface area contributed by atoms with Gasteiger partial charge in [-0.05, 0) is 127 Å². The van der Waals surface area contributed by atoms with Crippen LogP contribution in [0, 0.1) is 22.7 Å². The zero-order valence-corrected chi connectivity index (χ0v) is 28.9. The van der Waals surface area contributed by atoms with E-state index >= 15 is 0 Å². The molecule has 0 amide bonds. The highest BCUT2D eigenvalue weighted by molar-refractivity contribution is 6.15. The van der Waals surface area contributed by atoms with Gasteiger partial charge in [-0.15, -0.1) is 0 Å². The third-order valence-electron chi connectivity index (χ3n) is 10.7. The normalized spacial score (nSPS) is 12.8. The van der Waals surface area contributed by atoms with Crippen LogP contribution in [0.3, 0.4) is 0 Å². The lowest BCUT2D eigenvalue weighted by Gasteiger charge is -2.27. The van der Waals surface area contributed by atoms with E-state index in [9.17, 15) is 10.5 Å². The molecule has 0 bridgehead atoms. The summed E-state index contributed by atoms with van der Waals surface area (Å²) in [4.78, 5) is 2.18. The Bertz CT molecular complexity index is 2750. The van der Waals surface area contributed by atoms with E-state index < -0.39 is 0 Å². The molecule has 1 aliphatic rings. The molecule has 0 atom stereocenters. The molecule has 0 radical (unpaired) electrons. The van der Waals surface area contributed by atoms with E-state index in [1.54, 1.807) is 0 Å². The first-order valence-corrected chi connectivity index (χ1v) is 17.5. The lowest BCUT2D eigenvalue weighted by molar-refractivity contribution is 0.663. The minimum atomic E-state index is -0.0421. The molecule has 0 saturated carbocycles. The molecule has 0 heterocycles. The summed E-state index contributed by atoms with van der Waals surface area (Å²) in [5.74, 6) is 0. The zero-order valence-electron chi connectivity index (χ0n) is 28.9. The molecule has 9 rings (SSSR count). The van der Waals surface area contributed by atoms with Crippen LogP contribution in [0.2, 0.25) is 0 Å². The standard InChI is InChI=1S/C49H33N3/c1-49(2)44-9-5-6-37-20-21-38-28-39(29-45(49)48(38)47(37)44)35-17-10-32(11-18-35)12-19-36-22-27-46(43-8-4-3-7-42(36)43)52(40-23-13-33(30-50)14-24-40)41-25-15-34(31-51)16-26-41/h3-29H,1-2H3/b19-12+. The summed E-state index contributed by atoms with van der Waals surface area (Å²) >= 11 is 0. The van der Waals surface area contributed by atoms with E-state index in [1.165, 1.54) is 43.8 Å². The summed E-state index contributed by atoms with van der Waals surface area (Å²) in [6, 6.07) is 57.3. The molecule has 3 nitrogen and oxygen atoms in total. The Morgan fingerprint density at radius 3 is 1.83 bits per heavy atom. The van der Waals surface area contributed by atoms with Crippen LogP contribution in [0.25, 0.3) is 55.6 Å². The van der Waals surface area contributed by atoms with E-state index in [-0.39, 0.29) is 5.41 Å². The molecular formula is C49H33N3. The SMILES string of the molecule is CC1(C)c2cccc3ccc4cc(-c5ccc(/C=C/c6ccc(N(c7ccc(C#N)cc7)c7ccc(C#N)cc7)c7ccccc67)cc5)cc1c4c23. The number of rotatable bonds is 6. The molecule has 0 aliphatic heterocycles. The number of anilines is 3. The van der Waals surface area contributed by atoms with Crippen molar-refractivity contribution < 1.29 is 0 Å². The van der Waals surface area contributed by atoms with Crippen LogP contribution in [-0.2, 0) is 5.41 Å². The Balaban J connectivity index is 1.06. The summed E-state index contributed by atoms with van der Waals surface area (Å²) in [5, 5.41) is 26.5. The number of fused-ring (bicyclic) bond motifs is 1. The van der Waals surface area contributed by atoms with Gasteiger partial charge in [0.05, 0.1) is 29.0 Å². The van der Waals surface area contributed by atoms with Gasteiger partial charge >= 0.3 is 0 Å². The van der Waals surface area contributed by atoms with Crippen molar-refractivity contribution in [3.63, 3.8) is 0 Å². The quantitative estimate of drug-likeness (QED) is 0.131. The molecule has 0 aromatic heterocycles. The molecule has 1 aliphatic carbocycles. The van der Waals surface area contributed by atoms with Gasteiger partial charge in [0, 0.05) is 22.2 Å². The van der Waals surface area contributed by atoms with Crippen molar-refractivity contribution in [2.24, 2.45) is 0 Å². The second kappa shape index (κ2) is 12.1. The van der Waals surface area contributed by atoms with Gasteiger partial charge in [0.1, 0.15) is 0 Å². The van der Waals surface area contributed by atoms with Crippen LogP contribution in [0.5, 0.6) is 0 Å². The van der Waals surface area contributed by atoms with Crippen molar-refractivity contribution in [2.75, 3.05) is 4.90 Å². The van der Waals surface area contributed by atoms with Crippen molar-refractivity contribution in [2.45, 2.75) is 19.3 Å². The zero-order chi connectivity index (χ0) is 35.4. The van der Waals surface area contributed by atoms with Crippen LogP contribution in [0.4, 0.5) is 17.1 Å². The summed E-state index contributed by atoms with van der Waals surface area (Å²) in [6.45, 7) is 4.70. The van der Waals surface area contributed by atoms with E-state index in [4.69, 9.17) is 0 Å². The van der Waals surface area contributed by atoms with Gasteiger partial charge < -0.3 is 4.90 Å². The van der Waals surface area contributed by atoms with Crippen molar-refractivity contribution in [1.29, 1.82) is 10.5 Å². The Morgan fingerprint density at radius 1 is 0.519 bits per heavy atom. The maximum atomic E-state index is 9.42. The first-order chi connectivity index (χ1) is 25.4. The lowest BCUT2D eigenvalue weighted by Crippen LogP contribution is -2.15. The van der Waals surface area contributed by atoms with Crippen molar-refractivity contribution >= 4 is 61.5 Å². The molecule has 52 heavy (non-hydrogen) atoms. The molecule has 8 aromatic rings. The molecule has 0 saturated heterocycles. The summed E-state index contributed by atoms with van der Waals surface area (Å²) in [5.41, 5.74) is 11.6. The van der Waals surface area contributed by atoms with Gasteiger partial charge in [0.2, 0.25) is 0 Å². The van der Waals surface area contributed by atoms with Crippen molar-refractivity contribution in [3.8, 4) is 23.3 Å². The summed E-state index contributed by atoms with van der Waals surface area (Å²) in [6.07, 6.45) is 4.37. The number of benzene rings is 8. The maximum Gasteiger partial charge on any atom is 0.0991 e. The number of nitriles is 2. The monoisotopic (exact) mass is 663 g/mol. The molecule has 8 aromatic carbocycles. The van der Waals surface area contributed by atoms with Gasteiger partial charge in [0.25, 0.3) is 0 Å². The molecule has 0 fully saturated rings. The highest BCUT2D eigenvalue weighted by Gasteiger charge is 2.34. The van der Waals surface area contributed by atoms with Crippen LogP contribution in [0.1, 0.15) is 47.2 Å². The van der Waals surface area contributed by atoms with Crippen LogP contribution >= 0.6 is 0 Å². The highest BCUT2D eigenvalue weighted by atomic mass is 15.1. The molecule has 0 N–H and O–H groups in total. The predicted molar refractivity (Wildman–Crippen MR) is 216 cm³/mol. The van der Waals surface area contributed by atoms with Crippen LogP contribution in [-0.4, -0.2) is 0 Å². The third-order valence-corrected chi connectivity index (χ3v) is 10.7. The Morgan fingerprint density at radius 2 is 1.15 bits per heavy atom. The van der Waals surface area contributed by atoms with Gasteiger partial charge in [-0.25, -0.2) is 0 Å². The van der Waals surface area contributed by atoms with E-state index in [1.807, 2.05) is 48.5 Å². The largest absolute Gasteiger partial charge is 0.310 e. The Labute approximate surface area is 303 Å².